The fraction of sp³-hybridized carbons (Fsp3) is 0.389. The van der Waals surface area contributed by atoms with Gasteiger partial charge in [-0.3, -0.25) is 9.59 Å². The molecular formula is C18H22N2O3S. The van der Waals surface area contributed by atoms with Crippen LogP contribution < -0.4 is 10.1 Å². The molecule has 128 valence electrons. The Morgan fingerprint density at radius 3 is 2.46 bits per heavy atom. The van der Waals surface area contributed by atoms with Gasteiger partial charge in [0.05, 0.1) is 17.8 Å². The number of methoxy groups -OCH3 is 1. The first-order valence-electron chi connectivity index (χ1n) is 7.86. The summed E-state index contributed by atoms with van der Waals surface area (Å²) < 4.78 is 5.06. The lowest BCUT2D eigenvalue weighted by Crippen LogP contribution is -2.26. The third-order valence-electron chi connectivity index (χ3n) is 3.66. The highest BCUT2D eigenvalue weighted by Gasteiger charge is 2.10. The molecule has 1 amide bonds. The van der Waals surface area contributed by atoms with E-state index >= 15 is 0 Å². The maximum absolute atomic E-state index is 12.1. The molecule has 0 saturated heterocycles. The lowest BCUT2D eigenvalue weighted by atomic mass is 10.1. The molecule has 1 aromatic heterocycles. The molecule has 0 bridgehead atoms. The number of thiazole rings is 1. The number of Topliss-reactive ketones (excluding diaryl/α,β-unsaturated/α-hetero) is 1. The van der Waals surface area contributed by atoms with Crippen LogP contribution in [0, 0.1) is 13.8 Å². The van der Waals surface area contributed by atoms with Gasteiger partial charge in [-0.25, -0.2) is 4.98 Å². The Morgan fingerprint density at radius 1 is 1.17 bits per heavy atom. The summed E-state index contributed by atoms with van der Waals surface area (Å²) in [5, 5.41) is 3.90. The molecule has 0 aliphatic rings. The van der Waals surface area contributed by atoms with Crippen molar-refractivity contribution < 1.29 is 14.3 Å². The first-order chi connectivity index (χ1) is 11.5. The predicted octanol–water partition coefficient (Wildman–Crippen LogP) is 3.09. The summed E-state index contributed by atoms with van der Waals surface area (Å²) in [5.74, 6) is 0.565. The van der Waals surface area contributed by atoms with Crippen LogP contribution in [-0.2, 0) is 11.2 Å². The molecule has 5 nitrogen and oxygen atoms in total. The van der Waals surface area contributed by atoms with Crippen LogP contribution >= 0.6 is 11.3 Å². The molecule has 1 aromatic carbocycles. The fourth-order valence-electron chi connectivity index (χ4n) is 2.36. The van der Waals surface area contributed by atoms with Crippen molar-refractivity contribution in [2.75, 3.05) is 13.7 Å². The highest BCUT2D eigenvalue weighted by atomic mass is 32.1. The van der Waals surface area contributed by atoms with Crippen molar-refractivity contribution in [1.29, 1.82) is 0 Å². The van der Waals surface area contributed by atoms with E-state index in [0.29, 0.717) is 17.9 Å². The second kappa shape index (κ2) is 8.59. The Balaban J connectivity index is 1.72. The van der Waals surface area contributed by atoms with Crippen LogP contribution in [0.4, 0.5) is 0 Å². The SMILES string of the molecule is COc1ccc(C(=O)CCC(=O)NCCc2sc(C)nc2C)cc1. The van der Waals surface area contributed by atoms with Crippen molar-refractivity contribution in [2.45, 2.75) is 33.1 Å². The number of amides is 1. The number of nitrogens with one attached hydrogen (secondary N) is 1. The second-order valence-electron chi connectivity index (χ2n) is 5.49. The maximum Gasteiger partial charge on any atom is 0.220 e. The number of ether oxygens (including phenoxy) is 1. The average Bonchev–Trinajstić information content (AvgIpc) is 2.90. The second-order valence-corrected chi connectivity index (χ2v) is 6.78. The summed E-state index contributed by atoms with van der Waals surface area (Å²) in [6.07, 6.45) is 1.18. The number of hydrogen-bond acceptors (Lipinski definition) is 5. The molecule has 0 unspecified atom stereocenters. The van der Waals surface area contributed by atoms with Crippen LogP contribution in [-0.4, -0.2) is 30.3 Å². The van der Waals surface area contributed by atoms with Gasteiger partial charge in [-0.2, -0.15) is 0 Å². The van der Waals surface area contributed by atoms with E-state index in [9.17, 15) is 9.59 Å². The lowest BCUT2D eigenvalue weighted by molar-refractivity contribution is -0.121. The number of rotatable bonds is 8. The number of nitrogens with zero attached hydrogens (tertiary/aromatic N) is 1. The van der Waals surface area contributed by atoms with Crippen molar-refractivity contribution in [1.82, 2.24) is 10.3 Å². The highest BCUT2D eigenvalue weighted by molar-refractivity contribution is 7.11. The molecule has 1 N–H and O–H groups in total. The van der Waals surface area contributed by atoms with E-state index in [1.165, 1.54) is 4.88 Å². The summed E-state index contributed by atoms with van der Waals surface area (Å²) in [6.45, 7) is 4.52. The van der Waals surface area contributed by atoms with Gasteiger partial charge in [0.2, 0.25) is 5.91 Å². The van der Waals surface area contributed by atoms with E-state index in [-0.39, 0.29) is 24.5 Å². The van der Waals surface area contributed by atoms with E-state index in [2.05, 4.69) is 10.3 Å². The van der Waals surface area contributed by atoms with Gasteiger partial charge < -0.3 is 10.1 Å². The molecule has 1 heterocycles. The summed E-state index contributed by atoms with van der Waals surface area (Å²) in [7, 11) is 1.58. The first kappa shape index (κ1) is 18.1. The first-order valence-corrected chi connectivity index (χ1v) is 8.68. The van der Waals surface area contributed by atoms with Crippen LogP contribution in [0.15, 0.2) is 24.3 Å². The number of carbonyl (C=O) groups is 2. The van der Waals surface area contributed by atoms with Gasteiger partial charge in [-0.05, 0) is 38.1 Å². The summed E-state index contributed by atoms with van der Waals surface area (Å²) in [6, 6.07) is 6.92. The number of hydrogen-bond donors (Lipinski definition) is 1. The third kappa shape index (κ3) is 5.16. The average molecular weight is 346 g/mol. The molecule has 24 heavy (non-hydrogen) atoms. The Morgan fingerprint density at radius 2 is 1.88 bits per heavy atom. The van der Waals surface area contributed by atoms with Gasteiger partial charge in [0, 0.05) is 36.2 Å². The van der Waals surface area contributed by atoms with Gasteiger partial charge in [0.15, 0.2) is 5.78 Å². The largest absolute Gasteiger partial charge is 0.497 e. The van der Waals surface area contributed by atoms with Gasteiger partial charge >= 0.3 is 0 Å². The van der Waals surface area contributed by atoms with E-state index in [1.54, 1.807) is 42.7 Å². The van der Waals surface area contributed by atoms with Crippen LogP contribution in [0.25, 0.3) is 0 Å². The van der Waals surface area contributed by atoms with Crippen LogP contribution in [0.5, 0.6) is 5.75 Å². The lowest BCUT2D eigenvalue weighted by Gasteiger charge is -2.05. The molecule has 0 radical (unpaired) electrons. The normalized spacial score (nSPS) is 10.5. The van der Waals surface area contributed by atoms with Gasteiger partial charge in [-0.1, -0.05) is 0 Å². The van der Waals surface area contributed by atoms with Gasteiger partial charge in [0.25, 0.3) is 0 Å². The van der Waals surface area contributed by atoms with E-state index < -0.39 is 0 Å². The number of aryl methyl sites for hydroxylation is 2. The predicted molar refractivity (Wildman–Crippen MR) is 94.9 cm³/mol. The molecule has 0 aliphatic carbocycles. The molecule has 0 atom stereocenters. The van der Waals surface area contributed by atoms with Gasteiger partial charge in [-0.15, -0.1) is 11.3 Å². The Labute approximate surface area is 146 Å². The maximum atomic E-state index is 12.1. The van der Waals surface area contributed by atoms with Crippen LogP contribution in [0.2, 0.25) is 0 Å². The Kier molecular flexibility index (Phi) is 6.49. The van der Waals surface area contributed by atoms with Crippen LogP contribution in [0.3, 0.4) is 0 Å². The molecule has 2 rings (SSSR count). The zero-order valence-corrected chi connectivity index (χ0v) is 15.0. The molecule has 6 heteroatoms. The molecule has 0 fully saturated rings. The number of aromatic nitrogens is 1. The fourth-order valence-corrected chi connectivity index (χ4v) is 3.29. The molecular weight excluding hydrogens is 324 g/mol. The topological polar surface area (TPSA) is 68.3 Å². The quantitative estimate of drug-likeness (QED) is 0.746. The minimum Gasteiger partial charge on any atom is -0.497 e. The van der Waals surface area contributed by atoms with E-state index in [1.807, 2.05) is 13.8 Å². The molecule has 0 saturated carbocycles. The minimum absolute atomic E-state index is 0.0401. The van der Waals surface area contributed by atoms with Crippen molar-refractivity contribution in [2.24, 2.45) is 0 Å². The monoisotopic (exact) mass is 346 g/mol. The summed E-state index contributed by atoms with van der Waals surface area (Å²) >= 11 is 1.66. The van der Waals surface area contributed by atoms with Crippen LogP contribution in [0.1, 0.15) is 38.8 Å². The van der Waals surface area contributed by atoms with Gasteiger partial charge in [0.1, 0.15) is 5.75 Å². The van der Waals surface area contributed by atoms with Crippen molar-refractivity contribution in [3.63, 3.8) is 0 Å². The third-order valence-corrected chi connectivity index (χ3v) is 4.80. The standard InChI is InChI=1S/C18H22N2O3S/c1-12-17(24-13(2)20-12)10-11-19-18(22)9-8-16(21)14-4-6-15(23-3)7-5-14/h4-7H,8-11H2,1-3H3,(H,19,22). The summed E-state index contributed by atoms with van der Waals surface area (Å²) in [5.41, 5.74) is 1.63. The smallest absolute Gasteiger partial charge is 0.220 e. The minimum atomic E-state index is -0.101. The number of benzene rings is 1. The Hall–Kier alpha value is -2.21. The highest BCUT2D eigenvalue weighted by Crippen LogP contribution is 2.17. The summed E-state index contributed by atoms with van der Waals surface area (Å²) in [4.78, 5) is 29.5. The Bertz CT molecular complexity index is 708. The van der Waals surface area contributed by atoms with Crippen molar-refractivity contribution in [3.05, 3.63) is 45.4 Å². The number of carbonyl (C=O) groups excluding carboxylic acids is 2. The zero-order chi connectivity index (χ0) is 17.5. The van der Waals surface area contributed by atoms with Crippen molar-refractivity contribution in [3.8, 4) is 5.75 Å². The van der Waals surface area contributed by atoms with E-state index in [0.717, 1.165) is 17.1 Å². The van der Waals surface area contributed by atoms with Crippen molar-refractivity contribution >= 4 is 23.0 Å². The van der Waals surface area contributed by atoms with E-state index in [4.69, 9.17) is 4.74 Å². The molecule has 2 aromatic rings. The number of ketones is 1. The molecule has 0 spiro atoms. The zero-order valence-electron chi connectivity index (χ0n) is 14.2. The molecule has 0 aliphatic heterocycles.